The van der Waals surface area contributed by atoms with Crippen LogP contribution >= 0.6 is 0 Å². The molecule has 0 spiro atoms. The van der Waals surface area contributed by atoms with Crippen LogP contribution in [-0.2, 0) is 11.8 Å². The molecule has 1 heterocycles. The van der Waals surface area contributed by atoms with Crippen LogP contribution in [0.1, 0.15) is 31.5 Å². The molecule has 1 aromatic heterocycles. The summed E-state index contributed by atoms with van der Waals surface area (Å²) in [4.78, 5) is 12.1. The topological polar surface area (TPSA) is 83.6 Å². The van der Waals surface area contributed by atoms with Gasteiger partial charge in [-0.05, 0) is 6.42 Å². The SMILES string of the molecule is CCCCNC(=O)C(C#N)c1nnc(-c2ccccc2)n1C. The summed E-state index contributed by atoms with van der Waals surface area (Å²) >= 11 is 0. The van der Waals surface area contributed by atoms with Crippen molar-refractivity contribution in [2.24, 2.45) is 7.05 Å². The van der Waals surface area contributed by atoms with Gasteiger partial charge in [0.05, 0.1) is 6.07 Å². The molecule has 0 bridgehead atoms. The average Bonchev–Trinajstić information content (AvgIpc) is 2.91. The second kappa shape index (κ2) is 7.36. The summed E-state index contributed by atoms with van der Waals surface area (Å²) in [6.07, 6.45) is 1.87. The van der Waals surface area contributed by atoms with Crippen molar-refractivity contribution in [2.45, 2.75) is 25.7 Å². The number of carbonyl (C=O) groups excluding carboxylic acids is 1. The normalized spacial score (nSPS) is 11.7. The number of amides is 1. The summed E-state index contributed by atoms with van der Waals surface area (Å²) in [7, 11) is 1.77. The lowest BCUT2D eigenvalue weighted by Gasteiger charge is -2.10. The maximum absolute atomic E-state index is 12.1. The highest BCUT2D eigenvalue weighted by Gasteiger charge is 2.26. The van der Waals surface area contributed by atoms with Crippen molar-refractivity contribution in [3.8, 4) is 17.5 Å². The molecular formula is C16H19N5O. The Kier molecular flexibility index (Phi) is 5.26. The van der Waals surface area contributed by atoms with Crippen molar-refractivity contribution >= 4 is 5.91 Å². The van der Waals surface area contributed by atoms with E-state index < -0.39 is 5.92 Å². The van der Waals surface area contributed by atoms with Crippen LogP contribution in [0.2, 0.25) is 0 Å². The third kappa shape index (κ3) is 3.31. The van der Waals surface area contributed by atoms with Crippen LogP contribution < -0.4 is 5.32 Å². The summed E-state index contributed by atoms with van der Waals surface area (Å²) in [6, 6.07) is 11.6. The number of hydrogen-bond acceptors (Lipinski definition) is 4. The molecule has 0 radical (unpaired) electrons. The second-order valence-electron chi connectivity index (χ2n) is 5.01. The molecule has 0 fully saturated rings. The van der Waals surface area contributed by atoms with Gasteiger partial charge < -0.3 is 9.88 Å². The van der Waals surface area contributed by atoms with Crippen molar-refractivity contribution in [3.05, 3.63) is 36.2 Å². The standard InChI is InChI=1S/C16H19N5O/c1-3-4-10-18-16(22)13(11-17)15-20-19-14(21(15)2)12-8-6-5-7-9-12/h5-9,13H,3-4,10H2,1-2H3,(H,18,22). The Balaban J connectivity index is 2.23. The number of nitriles is 1. The van der Waals surface area contributed by atoms with E-state index in [2.05, 4.69) is 15.5 Å². The Bertz CT molecular complexity index is 672. The van der Waals surface area contributed by atoms with E-state index in [4.69, 9.17) is 0 Å². The van der Waals surface area contributed by atoms with E-state index in [0.29, 0.717) is 18.2 Å². The molecule has 1 aromatic carbocycles. The largest absolute Gasteiger partial charge is 0.355 e. The summed E-state index contributed by atoms with van der Waals surface area (Å²) < 4.78 is 1.70. The summed E-state index contributed by atoms with van der Waals surface area (Å²) in [5, 5.41) is 20.2. The molecule has 0 saturated heterocycles. The van der Waals surface area contributed by atoms with E-state index in [9.17, 15) is 10.1 Å². The second-order valence-corrected chi connectivity index (χ2v) is 5.01. The Morgan fingerprint density at radius 2 is 2.09 bits per heavy atom. The molecular weight excluding hydrogens is 278 g/mol. The number of unbranched alkanes of at least 4 members (excludes halogenated alkanes) is 1. The highest BCUT2D eigenvalue weighted by atomic mass is 16.1. The molecule has 0 aliphatic heterocycles. The molecule has 0 aliphatic carbocycles. The number of nitrogens with zero attached hydrogens (tertiary/aromatic N) is 4. The summed E-state index contributed by atoms with van der Waals surface area (Å²) in [6.45, 7) is 2.61. The van der Waals surface area contributed by atoms with Crippen LogP contribution in [0.4, 0.5) is 0 Å². The van der Waals surface area contributed by atoms with Crippen molar-refractivity contribution in [1.82, 2.24) is 20.1 Å². The molecule has 2 rings (SSSR count). The molecule has 1 N–H and O–H groups in total. The average molecular weight is 297 g/mol. The summed E-state index contributed by atoms with van der Waals surface area (Å²) in [5.41, 5.74) is 0.895. The van der Waals surface area contributed by atoms with Gasteiger partial charge in [0, 0.05) is 19.2 Å². The van der Waals surface area contributed by atoms with Crippen LogP contribution in [0.15, 0.2) is 30.3 Å². The molecule has 6 heteroatoms. The molecule has 1 amide bonds. The van der Waals surface area contributed by atoms with Crippen LogP contribution in [0.5, 0.6) is 0 Å². The fourth-order valence-corrected chi connectivity index (χ4v) is 2.16. The number of aromatic nitrogens is 3. The number of nitrogens with one attached hydrogen (secondary N) is 1. The third-order valence-corrected chi connectivity index (χ3v) is 3.42. The number of rotatable bonds is 6. The van der Waals surface area contributed by atoms with E-state index >= 15 is 0 Å². The predicted molar refractivity (Wildman–Crippen MR) is 82.7 cm³/mol. The van der Waals surface area contributed by atoms with Crippen LogP contribution in [0.25, 0.3) is 11.4 Å². The van der Waals surface area contributed by atoms with E-state index in [1.807, 2.05) is 43.3 Å². The van der Waals surface area contributed by atoms with Crippen molar-refractivity contribution in [1.29, 1.82) is 5.26 Å². The highest BCUT2D eigenvalue weighted by Crippen LogP contribution is 2.20. The minimum atomic E-state index is -0.952. The van der Waals surface area contributed by atoms with Crippen molar-refractivity contribution in [2.75, 3.05) is 6.54 Å². The van der Waals surface area contributed by atoms with Crippen LogP contribution in [0, 0.1) is 11.3 Å². The Morgan fingerprint density at radius 1 is 1.36 bits per heavy atom. The van der Waals surface area contributed by atoms with Crippen molar-refractivity contribution in [3.63, 3.8) is 0 Å². The van der Waals surface area contributed by atoms with Gasteiger partial charge in [0.15, 0.2) is 17.6 Å². The van der Waals surface area contributed by atoms with E-state index in [1.54, 1.807) is 11.6 Å². The third-order valence-electron chi connectivity index (χ3n) is 3.42. The fraction of sp³-hybridized carbons (Fsp3) is 0.375. The number of hydrogen-bond donors (Lipinski definition) is 1. The lowest BCUT2D eigenvalue weighted by Crippen LogP contribution is -2.30. The van der Waals surface area contributed by atoms with Crippen LogP contribution in [-0.4, -0.2) is 27.2 Å². The molecule has 0 aliphatic rings. The number of benzene rings is 1. The fourth-order valence-electron chi connectivity index (χ4n) is 2.16. The minimum absolute atomic E-state index is 0.328. The molecule has 0 saturated carbocycles. The molecule has 2 aromatic rings. The Labute approximate surface area is 129 Å². The van der Waals surface area contributed by atoms with Gasteiger partial charge in [-0.2, -0.15) is 5.26 Å². The van der Waals surface area contributed by atoms with Gasteiger partial charge >= 0.3 is 0 Å². The minimum Gasteiger partial charge on any atom is -0.355 e. The highest BCUT2D eigenvalue weighted by molar-refractivity contribution is 5.85. The Hall–Kier alpha value is -2.68. The van der Waals surface area contributed by atoms with Gasteiger partial charge in [-0.25, -0.2) is 0 Å². The van der Waals surface area contributed by atoms with E-state index in [-0.39, 0.29) is 5.91 Å². The van der Waals surface area contributed by atoms with Gasteiger partial charge in [-0.15, -0.1) is 10.2 Å². The first kappa shape index (κ1) is 15.7. The Morgan fingerprint density at radius 3 is 2.73 bits per heavy atom. The van der Waals surface area contributed by atoms with Crippen molar-refractivity contribution < 1.29 is 4.79 Å². The smallest absolute Gasteiger partial charge is 0.245 e. The zero-order valence-corrected chi connectivity index (χ0v) is 12.8. The van der Waals surface area contributed by atoms with Gasteiger partial charge in [0.1, 0.15) is 0 Å². The van der Waals surface area contributed by atoms with Gasteiger partial charge in [0.25, 0.3) is 0 Å². The molecule has 22 heavy (non-hydrogen) atoms. The monoisotopic (exact) mass is 297 g/mol. The molecule has 1 unspecified atom stereocenters. The first-order chi connectivity index (χ1) is 10.7. The summed E-state index contributed by atoms with van der Waals surface area (Å²) in [5.74, 6) is -0.287. The maximum atomic E-state index is 12.1. The van der Waals surface area contributed by atoms with E-state index in [1.165, 1.54) is 0 Å². The number of carbonyl (C=O) groups is 1. The van der Waals surface area contributed by atoms with Crippen LogP contribution in [0.3, 0.4) is 0 Å². The van der Waals surface area contributed by atoms with E-state index in [0.717, 1.165) is 18.4 Å². The lowest BCUT2D eigenvalue weighted by molar-refractivity contribution is -0.121. The van der Waals surface area contributed by atoms with Gasteiger partial charge in [0.2, 0.25) is 5.91 Å². The molecule has 114 valence electrons. The zero-order valence-electron chi connectivity index (χ0n) is 12.8. The molecule has 1 atom stereocenters. The zero-order chi connectivity index (χ0) is 15.9. The maximum Gasteiger partial charge on any atom is 0.245 e. The lowest BCUT2D eigenvalue weighted by atomic mass is 10.1. The predicted octanol–water partition coefficient (Wildman–Crippen LogP) is 2.01. The quantitative estimate of drug-likeness (QED) is 0.827. The first-order valence-corrected chi connectivity index (χ1v) is 7.31. The first-order valence-electron chi connectivity index (χ1n) is 7.31. The molecule has 6 nitrogen and oxygen atoms in total. The van der Waals surface area contributed by atoms with Gasteiger partial charge in [-0.3, -0.25) is 4.79 Å². The van der Waals surface area contributed by atoms with Gasteiger partial charge in [-0.1, -0.05) is 43.7 Å².